The van der Waals surface area contributed by atoms with Gasteiger partial charge in [-0.15, -0.1) is 0 Å². The molecule has 0 saturated carbocycles. The predicted octanol–water partition coefficient (Wildman–Crippen LogP) is 3.64. The summed E-state index contributed by atoms with van der Waals surface area (Å²) in [7, 11) is 1.57. The quantitative estimate of drug-likeness (QED) is 0.920. The van der Waals surface area contributed by atoms with Gasteiger partial charge >= 0.3 is 0 Å². The summed E-state index contributed by atoms with van der Waals surface area (Å²) in [6, 6.07) is 5.69. The van der Waals surface area contributed by atoms with Crippen LogP contribution in [0.15, 0.2) is 41.5 Å². The molecule has 1 saturated heterocycles. The molecule has 1 atom stereocenters. The van der Waals surface area contributed by atoms with Crippen LogP contribution in [0.4, 0.5) is 0 Å². The van der Waals surface area contributed by atoms with Gasteiger partial charge in [0.1, 0.15) is 0 Å². The number of likely N-dealkylation sites (tertiary alicyclic amines) is 1. The lowest BCUT2D eigenvalue weighted by Crippen LogP contribution is -2.42. The van der Waals surface area contributed by atoms with Crippen LogP contribution in [0.2, 0.25) is 0 Å². The maximum atomic E-state index is 9.94. The highest BCUT2D eigenvalue weighted by atomic mass is 16.5. The molecule has 1 N–H and O–H groups in total. The molecular weight excluding hydrogens is 262 g/mol. The number of benzene rings is 1. The summed E-state index contributed by atoms with van der Waals surface area (Å²) in [6.45, 7) is 6.48. The van der Waals surface area contributed by atoms with E-state index in [-0.39, 0.29) is 11.3 Å². The van der Waals surface area contributed by atoms with Crippen molar-refractivity contribution < 1.29 is 9.84 Å². The van der Waals surface area contributed by atoms with Gasteiger partial charge in [0, 0.05) is 18.6 Å². The van der Waals surface area contributed by atoms with Gasteiger partial charge < -0.3 is 9.84 Å². The fourth-order valence-corrected chi connectivity index (χ4v) is 3.62. The fraction of sp³-hybridized carbons (Fsp3) is 0.444. The highest BCUT2D eigenvalue weighted by Crippen LogP contribution is 2.42. The molecule has 2 aliphatic rings. The van der Waals surface area contributed by atoms with E-state index in [1.807, 2.05) is 18.2 Å². The summed E-state index contributed by atoms with van der Waals surface area (Å²) in [5, 5.41) is 9.94. The number of hydrogen-bond donors (Lipinski definition) is 1. The average molecular weight is 285 g/mol. The number of hydrogen-bond acceptors (Lipinski definition) is 3. The van der Waals surface area contributed by atoms with Crippen molar-refractivity contribution in [3.05, 3.63) is 47.1 Å². The van der Waals surface area contributed by atoms with Gasteiger partial charge in [0.15, 0.2) is 11.5 Å². The zero-order chi connectivity index (χ0) is 15.0. The van der Waals surface area contributed by atoms with Gasteiger partial charge in [-0.1, -0.05) is 23.8 Å². The Kier molecular flexibility index (Phi) is 3.54. The van der Waals surface area contributed by atoms with Gasteiger partial charge in [0.2, 0.25) is 0 Å². The van der Waals surface area contributed by atoms with E-state index in [4.69, 9.17) is 4.74 Å². The number of methoxy groups -OCH3 is 1. The van der Waals surface area contributed by atoms with Crippen molar-refractivity contribution >= 4 is 0 Å². The van der Waals surface area contributed by atoms with Crippen molar-refractivity contribution in [2.24, 2.45) is 0 Å². The van der Waals surface area contributed by atoms with Crippen molar-refractivity contribution in [1.29, 1.82) is 0 Å². The summed E-state index contributed by atoms with van der Waals surface area (Å²) in [5.74, 6) is 0.748. The molecule has 112 valence electrons. The molecule has 1 aliphatic carbocycles. The minimum absolute atomic E-state index is 0.133. The average Bonchev–Trinajstić information content (AvgIpc) is 2.75. The molecule has 1 heterocycles. The lowest BCUT2D eigenvalue weighted by atomic mass is 9.82. The summed E-state index contributed by atoms with van der Waals surface area (Å²) >= 11 is 0. The molecule has 21 heavy (non-hydrogen) atoms. The number of phenolic OH excluding ortho intramolecular Hbond substituents is 1. The summed E-state index contributed by atoms with van der Waals surface area (Å²) in [6.07, 6.45) is 6.79. The Balaban J connectivity index is 1.81. The topological polar surface area (TPSA) is 32.7 Å². The first-order chi connectivity index (χ1) is 10.0. The number of phenols is 1. The van der Waals surface area contributed by atoms with Gasteiger partial charge in [-0.2, -0.15) is 0 Å². The van der Waals surface area contributed by atoms with Gasteiger partial charge in [0.25, 0.3) is 0 Å². The molecule has 0 bridgehead atoms. The number of fused-ring (bicyclic) bond motifs is 1. The summed E-state index contributed by atoms with van der Waals surface area (Å²) in [4.78, 5) is 2.52. The van der Waals surface area contributed by atoms with Gasteiger partial charge in [-0.3, -0.25) is 4.90 Å². The van der Waals surface area contributed by atoms with Crippen LogP contribution in [0.5, 0.6) is 11.5 Å². The van der Waals surface area contributed by atoms with E-state index in [9.17, 15) is 5.11 Å². The Morgan fingerprint density at radius 1 is 1.33 bits per heavy atom. The van der Waals surface area contributed by atoms with Crippen molar-refractivity contribution in [3.8, 4) is 11.5 Å². The van der Waals surface area contributed by atoms with E-state index < -0.39 is 0 Å². The zero-order valence-corrected chi connectivity index (χ0v) is 13.0. The van der Waals surface area contributed by atoms with Crippen LogP contribution in [-0.2, 0) is 6.54 Å². The Hall–Kier alpha value is -1.74. The van der Waals surface area contributed by atoms with Gasteiger partial charge in [-0.05, 0) is 50.0 Å². The largest absolute Gasteiger partial charge is 0.504 e. The molecule has 0 spiro atoms. The van der Waals surface area contributed by atoms with Crippen molar-refractivity contribution in [2.75, 3.05) is 13.7 Å². The molecule has 1 unspecified atom stereocenters. The number of aromatic hydroxyl groups is 1. The lowest BCUT2D eigenvalue weighted by molar-refractivity contribution is 0.169. The molecular formula is C18H23NO2. The second-order valence-electron chi connectivity index (χ2n) is 6.33. The van der Waals surface area contributed by atoms with Gasteiger partial charge in [0.05, 0.1) is 7.11 Å². The molecule has 0 aromatic heterocycles. The predicted molar refractivity (Wildman–Crippen MR) is 84.5 cm³/mol. The molecule has 1 fully saturated rings. The maximum absolute atomic E-state index is 9.94. The highest BCUT2D eigenvalue weighted by Gasteiger charge is 2.41. The van der Waals surface area contributed by atoms with Crippen LogP contribution in [0.3, 0.4) is 0 Å². The van der Waals surface area contributed by atoms with E-state index in [1.54, 1.807) is 7.11 Å². The van der Waals surface area contributed by atoms with Crippen molar-refractivity contribution in [1.82, 2.24) is 4.90 Å². The van der Waals surface area contributed by atoms with Gasteiger partial charge in [-0.25, -0.2) is 0 Å². The molecule has 3 rings (SSSR count). The third-order valence-corrected chi connectivity index (χ3v) is 4.85. The Labute approximate surface area is 126 Å². The van der Waals surface area contributed by atoms with Crippen LogP contribution in [-0.4, -0.2) is 29.2 Å². The molecule has 0 amide bonds. The Morgan fingerprint density at radius 3 is 2.86 bits per heavy atom. The molecule has 1 aliphatic heterocycles. The standard InChI is InChI=1S/C18H23NO2/c1-13-4-6-15-8-9-19(18(15,2)11-13)12-14-5-7-17(21-3)16(20)10-14/h4-7,10,20H,8-9,11-12H2,1-3H3. The van der Waals surface area contributed by atoms with E-state index in [0.29, 0.717) is 5.75 Å². The molecule has 0 radical (unpaired) electrons. The first-order valence-electron chi connectivity index (χ1n) is 7.50. The zero-order valence-electron chi connectivity index (χ0n) is 13.0. The van der Waals surface area contributed by atoms with Crippen LogP contribution >= 0.6 is 0 Å². The number of rotatable bonds is 3. The monoisotopic (exact) mass is 285 g/mol. The van der Waals surface area contributed by atoms with Crippen LogP contribution in [0.25, 0.3) is 0 Å². The fourth-order valence-electron chi connectivity index (χ4n) is 3.62. The summed E-state index contributed by atoms with van der Waals surface area (Å²) in [5.41, 5.74) is 4.23. The lowest BCUT2D eigenvalue weighted by Gasteiger charge is -2.38. The van der Waals surface area contributed by atoms with Crippen molar-refractivity contribution in [3.63, 3.8) is 0 Å². The first-order valence-corrected chi connectivity index (χ1v) is 7.50. The minimum atomic E-state index is 0.133. The summed E-state index contributed by atoms with van der Waals surface area (Å²) < 4.78 is 5.11. The highest BCUT2D eigenvalue weighted by molar-refractivity contribution is 5.42. The molecule has 1 aromatic rings. The number of nitrogens with zero attached hydrogens (tertiary/aromatic N) is 1. The van der Waals surface area contributed by atoms with Crippen LogP contribution in [0, 0.1) is 0 Å². The minimum Gasteiger partial charge on any atom is -0.504 e. The normalized spacial score (nSPS) is 25.3. The molecule has 3 heteroatoms. The van der Waals surface area contributed by atoms with Crippen LogP contribution in [0.1, 0.15) is 32.3 Å². The third-order valence-electron chi connectivity index (χ3n) is 4.85. The van der Waals surface area contributed by atoms with Crippen LogP contribution < -0.4 is 4.74 Å². The molecule has 1 aromatic carbocycles. The van der Waals surface area contributed by atoms with E-state index in [0.717, 1.165) is 31.5 Å². The van der Waals surface area contributed by atoms with E-state index >= 15 is 0 Å². The second-order valence-corrected chi connectivity index (χ2v) is 6.33. The smallest absolute Gasteiger partial charge is 0.160 e. The Bertz CT molecular complexity index is 618. The van der Waals surface area contributed by atoms with E-state index in [1.165, 1.54) is 11.1 Å². The maximum Gasteiger partial charge on any atom is 0.160 e. The SMILES string of the molecule is COc1ccc(CN2CCC3=CC=C(C)CC32C)cc1O. The second kappa shape index (κ2) is 5.23. The first kappa shape index (κ1) is 14.2. The van der Waals surface area contributed by atoms with Crippen molar-refractivity contribution in [2.45, 2.75) is 38.8 Å². The third kappa shape index (κ3) is 2.46. The van der Waals surface area contributed by atoms with E-state index in [2.05, 4.69) is 30.9 Å². The Morgan fingerprint density at radius 2 is 2.14 bits per heavy atom. The molecule has 3 nitrogen and oxygen atoms in total. The number of ether oxygens (including phenoxy) is 1. The number of allylic oxidation sites excluding steroid dienone is 2.